The molecule has 2 atom stereocenters. The smallest absolute Gasteiger partial charge is 0.126 e. The Bertz CT molecular complexity index is 737. The summed E-state index contributed by atoms with van der Waals surface area (Å²) in [6, 6.07) is 16.6. The third kappa shape index (κ3) is 5.30. The second kappa shape index (κ2) is 9.76. The monoisotopic (exact) mass is 414 g/mol. The van der Waals surface area contributed by atoms with E-state index in [9.17, 15) is 0 Å². The maximum atomic E-state index is 9.02. The van der Waals surface area contributed by atoms with Crippen LogP contribution in [-0.2, 0) is 14.2 Å². The van der Waals surface area contributed by atoms with Crippen LogP contribution in [0, 0.1) is 0 Å². The summed E-state index contributed by atoms with van der Waals surface area (Å²) < 4.78 is 17.2. The summed E-state index contributed by atoms with van der Waals surface area (Å²) in [5, 5.41) is 24.4. The van der Waals surface area contributed by atoms with Gasteiger partial charge in [0.05, 0.1) is 39.6 Å². The molecule has 0 saturated carbocycles. The normalized spacial score (nSPS) is 22.2. The van der Waals surface area contributed by atoms with Crippen molar-refractivity contribution in [2.24, 2.45) is 0 Å². The Labute approximate surface area is 177 Å². The van der Waals surface area contributed by atoms with Gasteiger partial charge >= 0.3 is 0 Å². The molecule has 0 bridgehead atoms. The first-order valence-electron chi connectivity index (χ1n) is 10.5. The standard InChI is InChI=1S/C23H30N2O5/c26-11-9-24-19-5-1-17(2-6-19)22(18-3-7-20(8-4-18)25-10-12-27)23(16-30-23)15-28-13-21-14-29-21/h1-8,21-22,24-27H,9-16H2. The van der Waals surface area contributed by atoms with E-state index in [1.54, 1.807) is 0 Å². The van der Waals surface area contributed by atoms with Crippen molar-refractivity contribution in [3.8, 4) is 0 Å². The SMILES string of the molecule is OCCNc1ccc(C(c2ccc(NCCO)cc2)C2(COCC3CO3)CO2)cc1. The molecular formula is C23H30N2O5. The minimum atomic E-state index is -0.380. The molecular weight excluding hydrogens is 384 g/mol. The van der Waals surface area contributed by atoms with Gasteiger partial charge in [-0.3, -0.25) is 0 Å². The molecule has 162 valence electrons. The molecule has 0 spiro atoms. The average Bonchev–Trinajstić information content (AvgIpc) is 3.71. The highest BCUT2D eigenvalue weighted by molar-refractivity contribution is 5.51. The Morgan fingerprint density at radius 1 is 0.933 bits per heavy atom. The molecule has 2 aromatic carbocycles. The molecule has 0 aromatic heterocycles. The highest BCUT2D eigenvalue weighted by Crippen LogP contribution is 2.46. The number of epoxide rings is 2. The van der Waals surface area contributed by atoms with Crippen LogP contribution in [0.3, 0.4) is 0 Å². The van der Waals surface area contributed by atoms with E-state index in [0.29, 0.717) is 32.9 Å². The van der Waals surface area contributed by atoms with E-state index in [-0.39, 0.29) is 30.8 Å². The largest absolute Gasteiger partial charge is 0.395 e. The first kappa shape index (κ1) is 21.1. The van der Waals surface area contributed by atoms with Gasteiger partial charge in [-0.2, -0.15) is 0 Å². The Hall–Kier alpha value is -2.16. The lowest BCUT2D eigenvalue weighted by Crippen LogP contribution is -2.30. The van der Waals surface area contributed by atoms with E-state index < -0.39 is 0 Å². The minimum absolute atomic E-state index is 0.0383. The van der Waals surface area contributed by atoms with Crippen molar-refractivity contribution in [2.75, 3.05) is 63.4 Å². The summed E-state index contributed by atoms with van der Waals surface area (Å²) in [6.07, 6.45) is 0.230. The van der Waals surface area contributed by atoms with Crippen molar-refractivity contribution in [1.29, 1.82) is 0 Å². The summed E-state index contributed by atoms with van der Waals surface area (Å²) in [5.74, 6) is 0.0383. The molecule has 2 aliphatic heterocycles. The van der Waals surface area contributed by atoms with Gasteiger partial charge in [-0.05, 0) is 35.4 Å². The summed E-state index contributed by atoms with van der Waals surface area (Å²) in [5.41, 5.74) is 3.88. The molecule has 7 nitrogen and oxygen atoms in total. The van der Waals surface area contributed by atoms with Gasteiger partial charge in [-0.1, -0.05) is 24.3 Å². The first-order valence-corrected chi connectivity index (χ1v) is 10.5. The third-order valence-electron chi connectivity index (χ3n) is 5.46. The highest BCUT2D eigenvalue weighted by Gasteiger charge is 2.53. The number of hydrogen-bond donors (Lipinski definition) is 4. The van der Waals surface area contributed by atoms with E-state index in [2.05, 4.69) is 34.9 Å². The summed E-state index contributed by atoms with van der Waals surface area (Å²) in [7, 11) is 0. The Morgan fingerprint density at radius 2 is 1.43 bits per heavy atom. The topological polar surface area (TPSA) is 98.8 Å². The predicted octanol–water partition coefficient (Wildman–Crippen LogP) is 1.81. The van der Waals surface area contributed by atoms with Gasteiger partial charge in [0.1, 0.15) is 11.7 Å². The molecule has 2 fully saturated rings. The summed E-state index contributed by atoms with van der Waals surface area (Å²) in [4.78, 5) is 0. The summed E-state index contributed by atoms with van der Waals surface area (Å²) in [6.45, 7) is 3.79. The second-order valence-electron chi connectivity index (χ2n) is 7.80. The van der Waals surface area contributed by atoms with Gasteiger partial charge in [0.2, 0.25) is 0 Å². The first-order chi connectivity index (χ1) is 14.7. The maximum absolute atomic E-state index is 9.02. The lowest BCUT2D eigenvalue weighted by molar-refractivity contribution is 0.0619. The highest BCUT2D eigenvalue weighted by atomic mass is 16.6. The Balaban J connectivity index is 1.54. The molecule has 4 N–H and O–H groups in total. The maximum Gasteiger partial charge on any atom is 0.126 e. The van der Waals surface area contributed by atoms with Crippen LogP contribution in [0.1, 0.15) is 17.0 Å². The molecule has 2 saturated heterocycles. The molecule has 0 aliphatic carbocycles. The van der Waals surface area contributed by atoms with E-state index in [4.69, 9.17) is 24.4 Å². The lowest BCUT2D eigenvalue weighted by Gasteiger charge is -2.26. The summed E-state index contributed by atoms with van der Waals surface area (Å²) >= 11 is 0. The third-order valence-corrected chi connectivity index (χ3v) is 5.46. The average molecular weight is 415 g/mol. The molecule has 0 amide bonds. The van der Waals surface area contributed by atoms with Crippen LogP contribution in [-0.4, -0.2) is 74.6 Å². The number of aliphatic hydroxyl groups excluding tert-OH is 2. The van der Waals surface area contributed by atoms with Crippen LogP contribution in [0.25, 0.3) is 0 Å². The van der Waals surface area contributed by atoms with E-state index >= 15 is 0 Å². The molecule has 0 radical (unpaired) electrons. The Kier molecular flexibility index (Phi) is 6.86. The van der Waals surface area contributed by atoms with Crippen LogP contribution < -0.4 is 10.6 Å². The molecule has 4 rings (SSSR count). The number of ether oxygens (including phenoxy) is 3. The van der Waals surface area contributed by atoms with Crippen molar-refractivity contribution in [1.82, 2.24) is 0 Å². The molecule has 2 aliphatic rings. The van der Waals surface area contributed by atoms with Crippen LogP contribution in [0.5, 0.6) is 0 Å². The number of rotatable bonds is 13. The van der Waals surface area contributed by atoms with Crippen molar-refractivity contribution >= 4 is 11.4 Å². The van der Waals surface area contributed by atoms with Crippen LogP contribution >= 0.6 is 0 Å². The zero-order chi connectivity index (χ0) is 20.8. The van der Waals surface area contributed by atoms with E-state index in [0.717, 1.165) is 29.1 Å². The van der Waals surface area contributed by atoms with Gasteiger partial charge in [0.15, 0.2) is 0 Å². The van der Waals surface area contributed by atoms with Gasteiger partial charge in [-0.15, -0.1) is 0 Å². The van der Waals surface area contributed by atoms with Gasteiger partial charge in [0, 0.05) is 30.4 Å². The zero-order valence-corrected chi connectivity index (χ0v) is 17.0. The minimum Gasteiger partial charge on any atom is -0.395 e. The number of benzene rings is 2. The zero-order valence-electron chi connectivity index (χ0n) is 17.0. The number of nitrogens with one attached hydrogen (secondary N) is 2. The quantitative estimate of drug-likeness (QED) is 0.371. The van der Waals surface area contributed by atoms with Crippen molar-refractivity contribution in [2.45, 2.75) is 17.6 Å². The van der Waals surface area contributed by atoms with Crippen LogP contribution in [0.4, 0.5) is 11.4 Å². The predicted molar refractivity (Wildman–Crippen MR) is 115 cm³/mol. The van der Waals surface area contributed by atoms with Gasteiger partial charge in [0.25, 0.3) is 0 Å². The van der Waals surface area contributed by atoms with Crippen molar-refractivity contribution < 1.29 is 24.4 Å². The van der Waals surface area contributed by atoms with Crippen molar-refractivity contribution in [3.05, 3.63) is 59.7 Å². The van der Waals surface area contributed by atoms with Crippen LogP contribution in [0.2, 0.25) is 0 Å². The number of anilines is 2. The fraction of sp³-hybridized carbons (Fsp3) is 0.478. The van der Waals surface area contributed by atoms with Crippen molar-refractivity contribution in [3.63, 3.8) is 0 Å². The fourth-order valence-corrected chi connectivity index (χ4v) is 3.74. The molecule has 30 heavy (non-hydrogen) atoms. The number of aliphatic hydroxyl groups is 2. The molecule has 2 unspecified atom stereocenters. The van der Waals surface area contributed by atoms with Crippen LogP contribution in [0.15, 0.2) is 48.5 Å². The molecule has 2 aromatic rings. The van der Waals surface area contributed by atoms with E-state index in [1.165, 1.54) is 0 Å². The molecule has 7 heteroatoms. The Morgan fingerprint density at radius 3 is 1.83 bits per heavy atom. The fourth-order valence-electron chi connectivity index (χ4n) is 3.74. The van der Waals surface area contributed by atoms with Gasteiger partial charge < -0.3 is 35.1 Å². The van der Waals surface area contributed by atoms with E-state index in [1.807, 2.05) is 24.3 Å². The van der Waals surface area contributed by atoms with Gasteiger partial charge in [-0.25, -0.2) is 0 Å². The lowest BCUT2D eigenvalue weighted by atomic mass is 9.81. The molecule has 2 heterocycles. The number of hydrogen-bond acceptors (Lipinski definition) is 7. The second-order valence-corrected chi connectivity index (χ2v) is 7.80.